The molecule has 1 radical (unpaired) electrons. The lowest BCUT2D eigenvalue weighted by atomic mass is 9.86. The van der Waals surface area contributed by atoms with Gasteiger partial charge in [-0.05, 0) is 29.0 Å². The molecule has 1 aromatic rings. The fourth-order valence-electron chi connectivity index (χ4n) is 2.10. The van der Waals surface area contributed by atoms with Crippen LogP contribution in [-0.2, 0) is 9.84 Å². The first-order valence-electron chi connectivity index (χ1n) is 7.13. The van der Waals surface area contributed by atoms with Gasteiger partial charge in [-0.2, -0.15) is 0 Å². The molecule has 0 bridgehead atoms. The Bertz CT molecular complexity index is 519. The maximum Gasteiger partial charge on any atom is 0.424 e. The summed E-state index contributed by atoms with van der Waals surface area (Å²) in [6.45, 7) is 11.1. The van der Waals surface area contributed by atoms with Gasteiger partial charge in [0.1, 0.15) is 0 Å². The van der Waals surface area contributed by atoms with Gasteiger partial charge in [0.25, 0.3) is 5.78 Å². The van der Waals surface area contributed by atoms with Crippen LogP contribution in [0.15, 0.2) is 36.1 Å². The molecule has 0 saturated heterocycles. The summed E-state index contributed by atoms with van der Waals surface area (Å²) in [5.74, 6) is 2.54. The van der Waals surface area contributed by atoms with Crippen LogP contribution in [0.5, 0.6) is 0 Å². The first-order valence-corrected chi connectivity index (χ1v) is 7.95. The summed E-state index contributed by atoms with van der Waals surface area (Å²) in [5.41, 5.74) is 2.64. The van der Waals surface area contributed by atoms with Crippen molar-refractivity contribution < 1.29 is 8.54 Å². The largest absolute Gasteiger partial charge is 0.633 e. The van der Waals surface area contributed by atoms with E-state index in [-0.39, 0.29) is 15.4 Å². The summed E-state index contributed by atoms with van der Waals surface area (Å²) in [6, 6.07) is 8.63. The minimum atomic E-state index is 0.0684. The summed E-state index contributed by atoms with van der Waals surface area (Å²) < 4.78 is 11.2. The normalized spacial score (nSPS) is 15.3. The Labute approximate surface area is 124 Å². The van der Waals surface area contributed by atoms with Crippen LogP contribution in [0.1, 0.15) is 56.3 Å². The fourth-order valence-corrected chi connectivity index (χ4v) is 2.66. The second kappa shape index (κ2) is 5.96. The van der Waals surface area contributed by atoms with Gasteiger partial charge in [0.15, 0.2) is 0 Å². The number of rotatable bonds is 3. The van der Waals surface area contributed by atoms with E-state index in [1.807, 2.05) is 6.08 Å². The van der Waals surface area contributed by atoms with Gasteiger partial charge in [-0.15, -0.1) is 0 Å². The van der Waals surface area contributed by atoms with Gasteiger partial charge in [0.2, 0.25) is 0 Å². The van der Waals surface area contributed by atoms with Crippen LogP contribution in [-0.4, -0.2) is 15.8 Å². The molecule has 1 heterocycles. The molecular formula is C17H23O2Si. The third-order valence-corrected chi connectivity index (χ3v) is 3.91. The van der Waals surface area contributed by atoms with Gasteiger partial charge in [-0.3, -0.25) is 0 Å². The van der Waals surface area contributed by atoms with Crippen molar-refractivity contribution in [1.29, 1.82) is 0 Å². The SMILES string of the molecule is CC(C)CC1=CC(c2ccc(C(C)(C)C)cc2)=[O+][Si-]O1. The zero-order valence-electron chi connectivity index (χ0n) is 13.0. The van der Waals surface area contributed by atoms with Gasteiger partial charge in [-0.25, -0.2) is 0 Å². The van der Waals surface area contributed by atoms with Gasteiger partial charge in [0.05, 0.1) is 17.4 Å². The first kappa shape index (κ1) is 15.0. The Morgan fingerprint density at radius 3 is 2.35 bits per heavy atom. The van der Waals surface area contributed by atoms with Crippen LogP contribution < -0.4 is 0 Å². The van der Waals surface area contributed by atoms with Crippen molar-refractivity contribution >= 4 is 15.8 Å². The molecule has 0 aliphatic carbocycles. The fraction of sp³-hybridized carbons (Fsp3) is 0.471. The molecule has 0 aromatic heterocycles. The van der Waals surface area contributed by atoms with Crippen LogP contribution in [0.3, 0.4) is 0 Å². The number of allylic oxidation sites excluding steroid dienone is 2. The topological polar surface area (TPSA) is 20.5 Å². The van der Waals surface area contributed by atoms with Crippen LogP contribution in [0.25, 0.3) is 0 Å². The number of benzene rings is 1. The van der Waals surface area contributed by atoms with Crippen molar-refractivity contribution in [3.63, 3.8) is 0 Å². The molecule has 0 N–H and O–H groups in total. The van der Waals surface area contributed by atoms with E-state index in [1.54, 1.807) is 0 Å². The number of carbonyl (C=O) groups excluding carboxylic acids is 1. The molecule has 0 amide bonds. The molecule has 107 valence electrons. The number of hydrogen-bond acceptors (Lipinski definition) is 1. The molecule has 2 nitrogen and oxygen atoms in total. The first-order chi connectivity index (χ1) is 9.36. The highest BCUT2D eigenvalue weighted by Crippen LogP contribution is 2.23. The van der Waals surface area contributed by atoms with Crippen LogP contribution in [0.2, 0.25) is 0 Å². The highest BCUT2D eigenvalue weighted by atomic mass is 28.2. The number of hydrogen-bond donors (Lipinski definition) is 0. The molecule has 1 aliphatic heterocycles. The van der Waals surface area contributed by atoms with Crippen LogP contribution >= 0.6 is 0 Å². The zero-order valence-corrected chi connectivity index (χ0v) is 14.0. The van der Waals surface area contributed by atoms with E-state index in [0.29, 0.717) is 5.92 Å². The standard InChI is InChI=1S/C17H23O2Si/c1-12(2)10-15-11-16(19-20-18-15)13-6-8-14(9-7-13)17(3,4)5/h6-9,11-12H,10H2,1-5H3. The Morgan fingerprint density at radius 1 is 1.15 bits per heavy atom. The van der Waals surface area contributed by atoms with Crippen LogP contribution in [0, 0.1) is 5.92 Å². The minimum Gasteiger partial charge on any atom is -0.633 e. The highest BCUT2D eigenvalue weighted by molar-refractivity contribution is 6.22. The quantitative estimate of drug-likeness (QED) is 0.603. The summed E-state index contributed by atoms with van der Waals surface area (Å²) in [5, 5.41) is 0. The second-order valence-corrected chi connectivity index (χ2v) is 7.26. The van der Waals surface area contributed by atoms with E-state index < -0.39 is 0 Å². The summed E-state index contributed by atoms with van der Waals surface area (Å²) in [6.07, 6.45) is 2.99. The van der Waals surface area contributed by atoms with Gasteiger partial charge in [0, 0.05) is 6.42 Å². The van der Waals surface area contributed by atoms with E-state index in [2.05, 4.69) is 58.9 Å². The summed E-state index contributed by atoms with van der Waals surface area (Å²) in [4.78, 5) is 0. The van der Waals surface area contributed by atoms with Crippen LogP contribution in [0.4, 0.5) is 0 Å². The minimum absolute atomic E-state index is 0.0684. The summed E-state index contributed by atoms with van der Waals surface area (Å²) >= 11 is 0. The molecule has 0 unspecified atom stereocenters. The summed E-state index contributed by atoms with van der Waals surface area (Å²) in [7, 11) is 0.0684. The Balaban J connectivity index is 2.19. The lowest BCUT2D eigenvalue weighted by Crippen LogP contribution is -2.14. The predicted octanol–water partition coefficient (Wildman–Crippen LogP) is 4.20. The van der Waals surface area contributed by atoms with Crippen molar-refractivity contribution in [3.05, 3.63) is 47.2 Å². The Morgan fingerprint density at radius 2 is 1.80 bits per heavy atom. The second-order valence-electron chi connectivity index (χ2n) is 6.69. The number of ketones is 1. The highest BCUT2D eigenvalue weighted by Gasteiger charge is 2.18. The molecule has 0 spiro atoms. The van der Waals surface area contributed by atoms with Gasteiger partial charge < -0.3 is 8.54 Å². The lowest BCUT2D eigenvalue weighted by molar-refractivity contribution is -0.107. The average Bonchev–Trinajstić information content (AvgIpc) is 2.37. The third kappa shape index (κ3) is 3.82. The molecule has 0 saturated carbocycles. The van der Waals surface area contributed by atoms with Crippen molar-refractivity contribution in [1.82, 2.24) is 0 Å². The van der Waals surface area contributed by atoms with E-state index >= 15 is 0 Å². The maximum absolute atomic E-state index is 5.65. The third-order valence-electron chi connectivity index (χ3n) is 3.26. The van der Waals surface area contributed by atoms with E-state index in [1.165, 1.54) is 5.56 Å². The van der Waals surface area contributed by atoms with E-state index in [9.17, 15) is 0 Å². The Kier molecular flexibility index (Phi) is 4.48. The van der Waals surface area contributed by atoms with Crippen molar-refractivity contribution in [2.75, 3.05) is 0 Å². The lowest BCUT2D eigenvalue weighted by Gasteiger charge is -2.20. The molecule has 0 atom stereocenters. The zero-order chi connectivity index (χ0) is 14.8. The van der Waals surface area contributed by atoms with E-state index in [4.69, 9.17) is 8.54 Å². The van der Waals surface area contributed by atoms with Crippen molar-refractivity contribution in [2.24, 2.45) is 5.92 Å². The average molecular weight is 287 g/mol. The molecular weight excluding hydrogens is 264 g/mol. The van der Waals surface area contributed by atoms with Gasteiger partial charge >= 0.3 is 10.0 Å². The Hall–Kier alpha value is -1.35. The maximum atomic E-state index is 5.65. The molecule has 2 rings (SSSR count). The van der Waals surface area contributed by atoms with Gasteiger partial charge in [-0.1, -0.05) is 46.8 Å². The molecule has 1 aliphatic rings. The molecule has 1 aromatic carbocycles. The monoisotopic (exact) mass is 287 g/mol. The molecule has 3 heteroatoms. The van der Waals surface area contributed by atoms with Crippen molar-refractivity contribution in [3.8, 4) is 0 Å². The predicted molar refractivity (Wildman–Crippen MR) is 83.8 cm³/mol. The molecule has 0 fully saturated rings. The van der Waals surface area contributed by atoms with E-state index in [0.717, 1.165) is 23.5 Å². The smallest absolute Gasteiger partial charge is 0.424 e. The molecule has 20 heavy (non-hydrogen) atoms. The van der Waals surface area contributed by atoms with Crippen molar-refractivity contribution in [2.45, 2.75) is 46.5 Å².